The predicted molar refractivity (Wildman–Crippen MR) is 57.3 cm³/mol. The van der Waals surface area contributed by atoms with Crippen LogP contribution < -0.4 is 0 Å². The van der Waals surface area contributed by atoms with E-state index in [9.17, 15) is 9.18 Å². The predicted octanol–water partition coefficient (Wildman–Crippen LogP) is 3.46. The largest absolute Gasteiger partial charge is 0.332 e. The molecule has 0 saturated heterocycles. The summed E-state index contributed by atoms with van der Waals surface area (Å²) in [6.45, 7) is 0. The minimum atomic E-state index is -1.40. The van der Waals surface area contributed by atoms with Crippen molar-refractivity contribution < 1.29 is 9.18 Å². The van der Waals surface area contributed by atoms with E-state index in [4.69, 9.17) is 0 Å². The highest BCUT2D eigenvalue weighted by Gasteiger charge is 2.04. The van der Waals surface area contributed by atoms with Crippen molar-refractivity contribution >= 4 is 6.04 Å². The van der Waals surface area contributed by atoms with Gasteiger partial charge in [-0.3, -0.25) is 4.79 Å². The highest BCUT2D eigenvalue weighted by Crippen LogP contribution is 2.20. The molecule has 0 heterocycles. The van der Waals surface area contributed by atoms with Crippen LogP contribution in [0.3, 0.4) is 0 Å². The van der Waals surface area contributed by atoms with Crippen molar-refractivity contribution in [3.05, 3.63) is 60.2 Å². The summed E-state index contributed by atoms with van der Waals surface area (Å²) in [5.41, 5.74) is 1.91. The Morgan fingerprint density at radius 3 is 2.20 bits per heavy atom. The lowest BCUT2D eigenvalue weighted by atomic mass is 10.0. The van der Waals surface area contributed by atoms with Crippen molar-refractivity contribution in [2.24, 2.45) is 0 Å². The Hall–Kier alpha value is -1.96. The van der Waals surface area contributed by atoms with Crippen LogP contribution >= 0.6 is 0 Å². The smallest absolute Gasteiger partial charge is 0.255 e. The van der Waals surface area contributed by atoms with Crippen LogP contribution in [0.4, 0.5) is 4.39 Å². The van der Waals surface area contributed by atoms with Gasteiger partial charge in [0.25, 0.3) is 0 Å². The Labute approximate surface area is 87.2 Å². The van der Waals surface area contributed by atoms with Crippen LogP contribution in [0.1, 0.15) is 10.4 Å². The molecule has 2 heteroatoms. The molecule has 0 aliphatic carbocycles. The summed E-state index contributed by atoms with van der Waals surface area (Å²) in [5.74, 6) is 0. The van der Waals surface area contributed by atoms with Crippen LogP contribution in [-0.2, 0) is 0 Å². The average molecular weight is 200 g/mol. The van der Waals surface area contributed by atoms with Crippen molar-refractivity contribution in [3.63, 3.8) is 0 Å². The number of rotatable bonds is 2. The summed E-state index contributed by atoms with van der Waals surface area (Å²) in [6.07, 6.45) is 0. The van der Waals surface area contributed by atoms with Crippen LogP contribution in [0.5, 0.6) is 0 Å². The molecule has 0 aliphatic heterocycles. The molecule has 0 aromatic heterocycles. The summed E-state index contributed by atoms with van der Waals surface area (Å²) >= 11 is 0. The molecule has 0 bridgehead atoms. The zero-order chi connectivity index (χ0) is 10.7. The molecule has 15 heavy (non-hydrogen) atoms. The SMILES string of the molecule is O=C(F)c1cccc(-c2ccccc2)c1. The van der Waals surface area contributed by atoms with Crippen LogP contribution in [-0.4, -0.2) is 6.04 Å². The van der Waals surface area contributed by atoms with E-state index in [1.807, 2.05) is 36.4 Å². The number of carbonyl (C=O) groups is 1. The third kappa shape index (κ3) is 2.10. The first-order valence-electron chi connectivity index (χ1n) is 4.63. The zero-order valence-corrected chi connectivity index (χ0v) is 7.98. The summed E-state index contributed by atoms with van der Waals surface area (Å²) in [4.78, 5) is 10.6. The van der Waals surface area contributed by atoms with Gasteiger partial charge in [0, 0.05) is 0 Å². The van der Waals surface area contributed by atoms with Gasteiger partial charge in [0.15, 0.2) is 0 Å². The fourth-order valence-corrected chi connectivity index (χ4v) is 1.45. The molecule has 2 aromatic carbocycles. The Kier molecular flexibility index (Phi) is 2.59. The van der Waals surface area contributed by atoms with Crippen molar-refractivity contribution in [3.8, 4) is 11.1 Å². The number of hydrogen-bond acceptors (Lipinski definition) is 1. The molecule has 0 unspecified atom stereocenters. The quantitative estimate of drug-likeness (QED) is 0.678. The van der Waals surface area contributed by atoms with E-state index in [1.165, 1.54) is 6.07 Å². The minimum absolute atomic E-state index is 0.0938. The molecule has 0 atom stereocenters. The lowest BCUT2D eigenvalue weighted by Gasteiger charge is -2.01. The first-order chi connectivity index (χ1) is 7.27. The van der Waals surface area contributed by atoms with E-state index in [2.05, 4.69) is 0 Å². The molecule has 74 valence electrons. The van der Waals surface area contributed by atoms with Crippen LogP contribution in [0.25, 0.3) is 11.1 Å². The Morgan fingerprint density at radius 2 is 1.53 bits per heavy atom. The van der Waals surface area contributed by atoms with Crippen LogP contribution in [0.15, 0.2) is 54.6 Å². The summed E-state index contributed by atoms with van der Waals surface area (Å²) < 4.78 is 12.5. The van der Waals surface area contributed by atoms with Crippen molar-refractivity contribution in [2.45, 2.75) is 0 Å². The lowest BCUT2D eigenvalue weighted by Crippen LogP contribution is -1.89. The van der Waals surface area contributed by atoms with Gasteiger partial charge in [0.2, 0.25) is 0 Å². The Morgan fingerprint density at radius 1 is 0.867 bits per heavy atom. The second-order valence-corrected chi connectivity index (χ2v) is 3.22. The van der Waals surface area contributed by atoms with Gasteiger partial charge in [0.1, 0.15) is 0 Å². The highest BCUT2D eigenvalue weighted by molar-refractivity contribution is 5.90. The van der Waals surface area contributed by atoms with Crippen LogP contribution in [0.2, 0.25) is 0 Å². The number of benzene rings is 2. The third-order valence-corrected chi connectivity index (χ3v) is 2.20. The van der Waals surface area contributed by atoms with Gasteiger partial charge in [-0.2, -0.15) is 4.39 Å². The van der Waals surface area contributed by atoms with Gasteiger partial charge in [0.05, 0.1) is 5.56 Å². The van der Waals surface area contributed by atoms with E-state index < -0.39 is 6.04 Å². The van der Waals surface area contributed by atoms with Gasteiger partial charge < -0.3 is 0 Å². The van der Waals surface area contributed by atoms with Crippen molar-refractivity contribution in [2.75, 3.05) is 0 Å². The van der Waals surface area contributed by atoms with E-state index in [1.54, 1.807) is 12.1 Å². The molecule has 2 aromatic rings. The molecule has 0 fully saturated rings. The fraction of sp³-hybridized carbons (Fsp3) is 0. The van der Waals surface area contributed by atoms with Gasteiger partial charge in [-0.25, -0.2) is 0 Å². The molecule has 0 spiro atoms. The lowest BCUT2D eigenvalue weighted by molar-refractivity contribution is 0.0836. The molecule has 0 radical (unpaired) electrons. The molecule has 0 amide bonds. The maximum atomic E-state index is 12.5. The van der Waals surface area contributed by atoms with Crippen LogP contribution in [0, 0.1) is 0 Å². The third-order valence-electron chi connectivity index (χ3n) is 2.20. The maximum absolute atomic E-state index is 12.5. The second-order valence-electron chi connectivity index (χ2n) is 3.22. The maximum Gasteiger partial charge on any atom is 0.332 e. The van der Waals surface area contributed by atoms with Gasteiger partial charge in [-0.1, -0.05) is 42.5 Å². The van der Waals surface area contributed by atoms with Gasteiger partial charge in [-0.15, -0.1) is 0 Å². The number of halogens is 1. The van der Waals surface area contributed by atoms with E-state index in [-0.39, 0.29) is 5.56 Å². The topological polar surface area (TPSA) is 17.1 Å². The molecule has 1 nitrogen and oxygen atoms in total. The first-order valence-corrected chi connectivity index (χ1v) is 4.63. The molecular formula is C13H9FO. The Bertz CT molecular complexity index is 477. The highest BCUT2D eigenvalue weighted by atomic mass is 19.1. The molecule has 0 N–H and O–H groups in total. The van der Waals surface area contributed by atoms with Crippen molar-refractivity contribution in [1.29, 1.82) is 0 Å². The summed E-state index contributed by atoms with van der Waals surface area (Å²) in [5, 5.41) is 0. The Balaban J connectivity index is 2.46. The standard InChI is InChI=1S/C13H9FO/c14-13(15)12-8-4-7-11(9-12)10-5-2-1-3-6-10/h1-9H. The summed E-state index contributed by atoms with van der Waals surface area (Å²) in [7, 11) is 0. The fourth-order valence-electron chi connectivity index (χ4n) is 1.45. The zero-order valence-electron chi connectivity index (χ0n) is 7.98. The second kappa shape index (κ2) is 4.05. The molecule has 0 saturated carbocycles. The van der Waals surface area contributed by atoms with E-state index in [0.717, 1.165) is 11.1 Å². The average Bonchev–Trinajstić information content (AvgIpc) is 2.30. The van der Waals surface area contributed by atoms with Gasteiger partial charge >= 0.3 is 6.04 Å². The molecule has 2 rings (SSSR count). The first kappa shape index (κ1) is 9.59. The number of hydrogen-bond donors (Lipinski definition) is 0. The van der Waals surface area contributed by atoms with Gasteiger partial charge in [-0.05, 0) is 23.3 Å². The molecular weight excluding hydrogens is 191 g/mol. The summed E-state index contributed by atoms with van der Waals surface area (Å²) in [6, 6.07) is 14.7. The monoisotopic (exact) mass is 200 g/mol. The molecule has 0 aliphatic rings. The normalized spacial score (nSPS) is 9.93. The van der Waals surface area contributed by atoms with Crippen molar-refractivity contribution in [1.82, 2.24) is 0 Å². The number of carbonyl (C=O) groups excluding carboxylic acids is 1. The minimum Gasteiger partial charge on any atom is -0.255 e. The van der Waals surface area contributed by atoms with E-state index >= 15 is 0 Å². The van der Waals surface area contributed by atoms with E-state index in [0.29, 0.717) is 0 Å².